The minimum atomic E-state index is -1.84. The molecule has 0 aromatic heterocycles. The first kappa shape index (κ1) is 45.7. The summed E-state index contributed by atoms with van der Waals surface area (Å²) in [5.74, 6) is -0.748. The SMILES string of the molecule is COC(=O)[C@]12CCC(C)(C)C[C@H]1C1=CC[C@@H]3[C@@]4(C)C[C@H](O)[C@H](O[C@@H]5O[C@H](CO)[C@@H](O)[C@H](O[C@@H]6O[C@H](CO)[C@@H](O)[C@H](O)[C@H]6O)[C@H]5O)[C@@](C)(CO)[C@@H]4CC[C@@]3(C)[C@]1(C)C[C@H]2O. The lowest BCUT2D eigenvalue weighted by Gasteiger charge is -2.72. The molecule has 59 heavy (non-hydrogen) atoms. The Kier molecular flexibility index (Phi) is 12.2. The summed E-state index contributed by atoms with van der Waals surface area (Å²) >= 11 is 0. The van der Waals surface area contributed by atoms with Gasteiger partial charge in [0.1, 0.15) is 54.2 Å². The fourth-order valence-electron chi connectivity index (χ4n) is 14.1. The molecule has 16 heteroatoms. The molecule has 0 spiro atoms. The van der Waals surface area contributed by atoms with Crippen LogP contribution in [0.2, 0.25) is 0 Å². The second kappa shape index (κ2) is 15.7. The Morgan fingerprint density at radius 3 is 1.98 bits per heavy atom. The zero-order valence-electron chi connectivity index (χ0n) is 35.5. The number of carbonyl (C=O) groups is 1. The zero-order chi connectivity index (χ0) is 43.4. The van der Waals surface area contributed by atoms with E-state index in [4.69, 9.17) is 23.7 Å². The summed E-state index contributed by atoms with van der Waals surface area (Å²) in [7, 11) is 1.40. The minimum Gasteiger partial charge on any atom is -0.468 e. The van der Waals surface area contributed by atoms with Crippen LogP contribution < -0.4 is 0 Å². The molecule has 0 unspecified atom stereocenters. The fraction of sp³-hybridized carbons (Fsp3) is 0.930. The van der Waals surface area contributed by atoms with Crippen molar-refractivity contribution >= 4 is 5.97 Å². The number of allylic oxidation sites excluding steroid dienone is 2. The molecule has 0 amide bonds. The quantitative estimate of drug-likeness (QED) is 0.0868. The number of methoxy groups -OCH3 is 1. The lowest BCUT2D eigenvalue weighted by Crippen LogP contribution is -2.70. The molecule has 21 atom stereocenters. The third-order valence-corrected chi connectivity index (χ3v) is 17.5. The third-order valence-electron chi connectivity index (χ3n) is 17.5. The van der Waals surface area contributed by atoms with Crippen molar-refractivity contribution in [1.29, 1.82) is 0 Å². The standard InChI is InChI=1S/C43H70O16/c1-38(2)12-13-43(37(54)55-7)21(14-38)20-8-9-26-39(3)15-22(47)34(40(4,19-46)25(39)10-11-41(26,5)42(20,6)16-27(43)48)59-36-32(53)33(29(50)24(18-45)57-36)58-35-31(52)30(51)28(49)23(17-44)56-35/h8,21-36,44-53H,9-19H2,1-7H3/t21-,22-,23+,24+,25+,26+,27+,28+,29+,30-,31+,32+,33-,34-,35-,36-,39-,40-,41+,42+,43+/m0/s1. The van der Waals surface area contributed by atoms with Gasteiger partial charge in [0.15, 0.2) is 12.6 Å². The van der Waals surface area contributed by atoms with Gasteiger partial charge < -0.3 is 74.7 Å². The monoisotopic (exact) mass is 842 g/mol. The summed E-state index contributed by atoms with van der Waals surface area (Å²) in [4.78, 5) is 13.7. The molecule has 0 radical (unpaired) electrons. The first-order valence-corrected chi connectivity index (χ1v) is 21.5. The number of hydrogen-bond donors (Lipinski definition) is 10. The molecule has 2 heterocycles. The molecule has 7 aliphatic rings. The van der Waals surface area contributed by atoms with Crippen molar-refractivity contribution in [2.75, 3.05) is 26.9 Å². The van der Waals surface area contributed by atoms with Gasteiger partial charge in [-0.05, 0) is 90.8 Å². The Balaban J connectivity index is 1.17. The highest BCUT2D eigenvalue weighted by Gasteiger charge is 2.73. The largest absolute Gasteiger partial charge is 0.468 e. The zero-order valence-corrected chi connectivity index (χ0v) is 35.5. The Hall–Kier alpha value is -1.35. The van der Waals surface area contributed by atoms with Crippen molar-refractivity contribution in [1.82, 2.24) is 0 Å². The lowest BCUT2D eigenvalue weighted by molar-refractivity contribution is -0.375. The maximum atomic E-state index is 13.7. The van der Waals surface area contributed by atoms with E-state index in [1.807, 2.05) is 6.92 Å². The van der Waals surface area contributed by atoms with E-state index in [1.54, 1.807) is 0 Å². The molecule has 2 saturated heterocycles. The van der Waals surface area contributed by atoms with Crippen LogP contribution in [0.4, 0.5) is 0 Å². The first-order chi connectivity index (χ1) is 27.5. The molecule has 0 aromatic carbocycles. The summed E-state index contributed by atoms with van der Waals surface area (Å²) in [5, 5.41) is 110. The number of esters is 1. The van der Waals surface area contributed by atoms with E-state index in [2.05, 4.69) is 40.7 Å². The molecule has 4 saturated carbocycles. The van der Waals surface area contributed by atoms with E-state index >= 15 is 0 Å². The Bertz CT molecular complexity index is 1590. The van der Waals surface area contributed by atoms with Crippen molar-refractivity contribution in [2.45, 2.75) is 173 Å². The highest BCUT2D eigenvalue weighted by atomic mass is 16.7. The van der Waals surface area contributed by atoms with Gasteiger partial charge in [-0.25, -0.2) is 0 Å². The van der Waals surface area contributed by atoms with E-state index in [-0.39, 0.29) is 41.0 Å². The first-order valence-electron chi connectivity index (χ1n) is 21.5. The summed E-state index contributed by atoms with van der Waals surface area (Å²) in [5.41, 5.74) is -2.33. The highest BCUT2D eigenvalue weighted by molar-refractivity contribution is 5.79. The van der Waals surface area contributed by atoms with Crippen LogP contribution in [0.1, 0.15) is 92.9 Å². The van der Waals surface area contributed by atoms with Crippen LogP contribution in [0, 0.1) is 50.2 Å². The smallest absolute Gasteiger partial charge is 0.315 e. The average molecular weight is 843 g/mol. The van der Waals surface area contributed by atoms with E-state index in [9.17, 15) is 55.9 Å². The van der Waals surface area contributed by atoms with Crippen LogP contribution in [0.5, 0.6) is 0 Å². The van der Waals surface area contributed by atoms with Gasteiger partial charge in [-0.1, -0.05) is 53.2 Å². The highest BCUT2D eigenvalue weighted by Crippen LogP contribution is 2.76. The van der Waals surface area contributed by atoms with Crippen molar-refractivity contribution in [3.63, 3.8) is 0 Å². The number of rotatable bonds is 8. The molecule has 0 aromatic rings. The predicted molar refractivity (Wildman–Crippen MR) is 207 cm³/mol. The van der Waals surface area contributed by atoms with E-state index in [1.165, 1.54) is 12.7 Å². The van der Waals surface area contributed by atoms with Crippen molar-refractivity contribution < 1.29 is 79.5 Å². The number of hydrogen-bond acceptors (Lipinski definition) is 16. The fourth-order valence-corrected chi connectivity index (χ4v) is 14.1. The van der Waals surface area contributed by atoms with Gasteiger partial charge in [0.05, 0.1) is 45.2 Å². The average Bonchev–Trinajstić information content (AvgIpc) is 3.18. The van der Waals surface area contributed by atoms with Crippen molar-refractivity contribution in [3.05, 3.63) is 11.6 Å². The second-order valence-electron chi connectivity index (χ2n) is 21.0. The molecule has 338 valence electrons. The van der Waals surface area contributed by atoms with Gasteiger partial charge >= 0.3 is 5.97 Å². The molecule has 6 fully saturated rings. The van der Waals surface area contributed by atoms with Crippen LogP contribution in [0.15, 0.2) is 11.6 Å². The van der Waals surface area contributed by atoms with Crippen molar-refractivity contribution in [2.24, 2.45) is 50.2 Å². The maximum absolute atomic E-state index is 13.7. The van der Waals surface area contributed by atoms with Crippen LogP contribution in [-0.2, 0) is 28.5 Å². The van der Waals surface area contributed by atoms with Crippen molar-refractivity contribution in [3.8, 4) is 0 Å². The van der Waals surface area contributed by atoms with Gasteiger partial charge in [0, 0.05) is 5.41 Å². The molecular weight excluding hydrogens is 772 g/mol. The summed E-state index contributed by atoms with van der Waals surface area (Å²) < 4.78 is 29.0. The van der Waals surface area contributed by atoms with Gasteiger partial charge in [0.25, 0.3) is 0 Å². The summed E-state index contributed by atoms with van der Waals surface area (Å²) in [6.07, 6.45) is -12.6. The molecule has 0 bridgehead atoms. The number of aliphatic hydroxyl groups is 10. The number of aliphatic hydroxyl groups excluding tert-OH is 10. The third kappa shape index (κ3) is 6.64. The van der Waals surface area contributed by atoms with E-state index in [0.29, 0.717) is 25.7 Å². The lowest BCUT2D eigenvalue weighted by atomic mass is 9.33. The number of carbonyl (C=O) groups excluding carboxylic acids is 1. The Labute approximate surface area is 346 Å². The van der Waals surface area contributed by atoms with Crippen LogP contribution in [-0.4, -0.2) is 164 Å². The molecular formula is C43H70O16. The predicted octanol–water partition coefficient (Wildman–Crippen LogP) is -0.116. The molecule has 5 aliphatic carbocycles. The second-order valence-corrected chi connectivity index (χ2v) is 21.0. The molecule has 7 rings (SSSR count). The topological polar surface area (TPSA) is 266 Å². The number of fused-ring (bicyclic) bond motifs is 7. The Morgan fingerprint density at radius 1 is 0.746 bits per heavy atom. The van der Waals surface area contributed by atoms with Gasteiger partial charge in [-0.2, -0.15) is 0 Å². The Morgan fingerprint density at radius 2 is 1.37 bits per heavy atom. The molecule has 16 nitrogen and oxygen atoms in total. The molecule has 2 aliphatic heterocycles. The van der Waals surface area contributed by atoms with Gasteiger partial charge in [-0.3, -0.25) is 4.79 Å². The van der Waals surface area contributed by atoms with E-state index in [0.717, 1.165) is 19.3 Å². The summed E-state index contributed by atoms with van der Waals surface area (Å²) in [6, 6.07) is 0. The summed E-state index contributed by atoms with van der Waals surface area (Å²) in [6.45, 7) is 11.1. The van der Waals surface area contributed by atoms with Gasteiger partial charge in [-0.15, -0.1) is 0 Å². The van der Waals surface area contributed by atoms with Crippen LogP contribution in [0.25, 0.3) is 0 Å². The number of ether oxygens (including phenoxy) is 5. The van der Waals surface area contributed by atoms with Crippen LogP contribution in [0.3, 0.4) is 0 Å². The van der Waals surface area contributed by atoms with Gasteiger partial charge in [0.2, 0.25) is 0 Å². The maximum Gasteiger partial charge on any atom is 0.315 e. The minimum absolute atomic E-state index is 0.000145. The van der Waals surface area contributed by atoms with Crippen LogP contribution >= 0.6 is 0 Å². The normalized spacial score (nSPS) is 54.5. The molecule has 10 N–H and O–H groups in total. The van der Waals surface area contributed by atoms with E-state index < -0.39 is 121 Å².